The molecule has 3 nitrogen and oxygen atoms in total. The van der Waals surface area contributed by atoms with Gasteiger partial charge in [0.05, 0.1) is 28.8 Å². The molecule has 0 bridgehead atoms. The average Bonchev–Trinajstić information content (AvgIpc) is 2.25. The zero-order valence-electron chi connectivity index (χ0n) is 8.43. The van der Waals surface area contributed by atoms with Gasteiger partial charge in [-0.3, -0.25) is 0 Å². The van der Waals surface area contributed by atoms with E-state index >= 15 is 0 Å². The number of alkyl halides is 3. The van der Waals surface area contributed by atoms with Crippen molar-refractivity contribution >= 4 is 17.6 Å². The lowest BCUT2D eigenvalue weighted by Gasteiger charge is -2.13. The van der Waals surface area contributed by atoms with Gasteiger partial charge in [-0.1, -0.05) is 11.6 Å². The molecule has 0 radical (unpaired) electrons. The maximum atomic E-state index is 12.6. The van der Waals surface area contributed by atoms with Gasteiger partial charge in [-0.2, -0.15) is 18.4 Å². The zero-order chi connectivity index (χ0) is 13.2. The van der Waals surface area contributed by atoms with Crippen molar-refractivity contribution < 1.29 is 22.7 Å². The van der Waals surface area contributed by atoms with Crippen molar-refractivity contribution in [2.75, 3.05) is 7.11 Å². The molecule has 0 saturated carbocycles. The number of ether oxygens (including phenoxy) is 1. The van der Waals surface area contributed by atoms with Crippen LogP contribution in [0.5, 0.6) is 0 Å². The van der Waals surface area contributed by atoms with Gasteiger partial charge in [0, 0.05) is 0 Å². The fraction of sp³-hybridized carbons (Fsp3) is 0.200. The largest absolute Gasteiger partial charge is 0.465 e. The standard InChI is InChI=1S/C10H5ClF3NO2/c1-17-9(16)8-5(4-15)7(11)3-2-6(8)10(12,13)14/h2-3H,1H3. The number of esters is 1. The topological polar surface area (TPSA) is 50.1 Å². The SMILES string of the molecule is COC(=O)c1c(C(F)(F)F)ccc(Cl)c1C#N. The van der Waals surface area contributed by atoms with E-state index in [1.165, 1.54) is 6.07 Å². The second-order valence-electron chi connectivity index (χ2n) is 2.95. The van der Waals surface area contributed by atoms with E-state index < -0.39 is 28.8 Å². The number of hydrogen-bond donors (Lipinski definition) is 0. The normalized spacial score (nSPS) is 10.8. The van der Waals surface area contributed by atoms with Crippen molar-refractivity contribution in [2.45, 2.75) is 6.18 Å². The van der Waals surface area contributed by atoms with E-state index in [0.29, 0.717) is 6.07 Å². The minimum absolute atomic E-state index is 0.235. The summed E-state index contributed by atoms with van der Waals surface area (Å²) in [6.45, 7) is 0. The molecular weight excluding hydrogens is 259 g/mol. The van der Waals surface area contributed by atoms with Gasteiger partial charge < -0.3 is 4.74 Å². The van der Waals surface area contributed by atoms with Crippen LogP contribution < -0.4 is 0 Å². The summed E-state index contributed by atoms with van der Waals surface area (Å²) in [6, 6.07) is 3.01. The van der Waals surface area contributed by atoms with Gasteiger partial charge in [-0.05, 0) is 12.1 Å². The van der Waals surface area contributed by atoms with E-state index in [-0.39, 0.29) is 5.02 Å². The Balaban J connectivity index is 3.65. The Labute approximate surface area is 99.4 Å². The molecule has 90 valence electrons. The fourth-order valence-electron chi connectivity index (χ4n) is 1.24. The maximum absolute atomic E-state index is 12.6. The highest BCUT2D eigenvalue weighted by Gasteiger charge is 2.37. The lowest BCUT2D eigenvalue weighted by Crippen LogP contribution is -2.16. The van der Waals surface area contributed by atoms with Crippen molar-refractivity contribution in [1.29, 1.82) is 5.26 Å². The molecule has 0 fully saturated rings. The van der Waals surface area contributed by atoms with E-state index in [2.05, 4.69) is 4.74 Å². The highest BCUT2D eigenvalue weighted by Crippen LogP contribution is 2.35. The Kier molecular flexibility index (Phi) is 3.63. The van der Waals surface area contributed by atoms with Crippen LogP contribution in [0.25, 0.3) is 0 Å². The molecule has 0 aromatic heterocycles. The Hall–Kier alpha value is -1.74. The number of nitrogens with zero attached hydrogens (tertiary/aromatic N) is 1. The molecule has 0 saturated heterocycles. The molecule has 0 aliphatic rings. The molecule has 1 aromatic rings. The van der Waals surface area contributed by atoms with E-state index in [9.17, 15) is 18.0 Å². The fourth-order valence-corrected chi connectivity index (χ4v) is 1.44. The minimum atomic E-state index is -4.76. The highest BCUT2D eigenvalue weighted by molar-refractivity contribution is 6.32. The number of carbonyl (C=O) groups excluding carboxylic acids is 1. The average molecular weight is 264 g/mol. The van der Waals surface area contributed by atoms with Crippen LogP contribution >= 0.6 is 11.6 Å². The van der Waals surface area contributed by atoms with Crippen molar-refractivity contribution in [3.8, 4) is 6.07 Å². The van der Waals surface area contributed by atoms with Crippen LogP contribution in [0.3, 0.4) is 0 Å². The molecule has 0 aliphatic carbocycles. The summed E-state index contributed by atoms with van der Waals surface area (Å²) in [4.78, 5) is 11.3. The molecule has 7 heteroatoms. The molecule has 0 unspecified atom stereocenters. The molecule has 0 atom stereocenters. The summed E-state index contributed by atoms with van der Waals surface area (Å²) >= 11 is 5.56. The van der Waals surface area contributed by atoms with Gasteiger partial charge in [-0.15, -0.1) is 0 Å². The van der Waals surface area contributed by atoms with Crippen LogP contribution in [-0.2, 0) is 10.9 Å². The van der Waals surface area contributed by atoms with Crippen molar-refractivity contribution in [3.63, 3.8) is 0 Å². The summed E-state index contributed by atoms with van der Waals surface area (Å²) in [7, 11) is 0.921. The third-order valence-corrected chi connectivity index (χ3v) is 2.28. The predicted molar refractivity (Wildman–Crippen MR) is 52.5 cm³/mol. The van der Waals surface area contributed by atoms with E-state index in [4.69, 9.17) is 16.9 Å². The monoisotopic (exact) mass is 263 g/mol. The van der Waals surface area contributed by atoms with Gasteiger partial charge in [-0.25, -0.2) is 4.79 Å². The van der Waals surface area contributed by atoms with Gasteiger partial charge >= 0.3 is 12.1 Å². The van der Waals surface area contributed by atoms with Crippen LogP contribution in [-0.4, -0.2) is 13.1 Å². The smallest absolute Gasteiger partial charge is 0.417 e. The first-order valence-electron chi connectivity index (χ1n) is 4.21. The maximum Gasteiger partial charge on any atom is 0.417 e. The number of rotatable bonds is 1. The van der Waals surface area contributed by atoms with Gasteiger partial charge in [0.15, 0.2) is 0 Å². The first-order chi connectivity index (χ1) is 7.82. The molecule has 0 N–H and O–H groups in total. The summed E-state index contributed by atoms with van der Waals surface area (Å²) in [5.74, 6) is -1.25. The number of hydrogen-bond acceptors (Lipinski definition) is 3. The third kappa shape index (κ3) is 2.50. The molecule has 1 aromatic carbocycles. The Morgan fingerprint density at radius 1 is 1.47 bits per heavy atom. The van der Waals surface area contributed by atoms with Gasteiger partial charge in [0.2, 0.25) is 0 Å². The highest BCUT2D eigenvalue weighted by atomic mass is 35.5. The van der Waals surface area contributed by atoms with Crippen molar-refractivity contribution in [3.05, 3.63) is 33.8 Å². The predicted octanol–water partition coefficient (Wildman–Crippen LogP) is 3.02. The molecular formula is C10H5ClF3NO2. The second-order valence-corrected chi connectivity index (χ2v) is 3.35. The number of nitriles is 1. The Morgan fingerprint density at radius 3 is 2.47 bits per heavy atom. The molecule has 0 aliphatic heterocycles. The summed E-state index contributed by atoms with van der Waals surface area (Å²) in [6.07, 6.45) is -4.76. The van der Waals surface area contributed by atoms with E-state index in [1.807, 2.05) is 0 Å². The number of halogens is 4. The van der Waals surface area contributed by atoms with Crippen LogP contribution in [0.1, 0.15) is 21.5 Å². The third-order valence-electron chi connectivity index (χ3n) is 1.96. The number of carbonyl (C=O) groups is 1. The van der Waals surface area contributed by atoms with Crippen molar-refractivity contribution in [2.24, 2.45) is 0 Å². The van der Waals surface area contributed by atoms with E-state index in [0.717, 1.165) is 13.2 Å². The molecule has 0 spiro atoms. The zero-order valence-corrected chi connectivity index (χ0v) is 9.19. The summed E-state index contributed by atoms with van der Waals surface area (Å²) in [5, 5.41) is 8.49. The first-order valence-corrected chi connectivity index (χ1v) is 4.58. The number of methoxy groups -OCH3 is 1. The van der Waals surface area contributed by atoms with Crippen LogP contribution in [0, 0.1) is 11.3 Å². The minimum Gasteiger partial charge on any atom is -0.465 e. The Morgan fingerprint density at radius 2 is 2.06 bits per heavy atom. The lowest BCUT2D eigenvalue weighted by atomic mass is 10.0. The number of benzene rings is 1. The van der Waals surface area contributed by atoms with Crippen molar-refractivity contribution in [1.82, 2.24) is 0 Å². The van der Waals surface area contributed by atoms with Crippen LogP contribution in [0.15, 0.2) is 12.1 Å². The first kappa shape index (κ1) is 13.3. The lowest BCUT2D eigenvalue weighted by molar-refractivity contribution is -0.138. The van der Waals surface area contributed by atoms with Crippen LogP contribution in [0.2, 0.25) is 5.02 Å². The molecule has 1 rings (SSSR count). The second kappa shape index (κ2) is 4.63. The molecule has 0 heterocycles. The molecule has 0 amide bonds. The molecule has 17 heavy (non-hydrogen) atoms. The Bertz CT molecular complexity index is 505. The summed E-state index contributed by atoms with van der Waals surface area (Å²) in [5.41, 5.74) is -2.66. The quantitative estimate of drug-likeness (QED) is 0.732. The summed E-state index contributed by atoms with van der Waals surface area (Å²) < 4.78 is 42.1. The van der Waals surface area contributed by atoms with Gasteiger partial charge in [0.1, 0.15) is 6.07 Å². The van der Waals surface area contributed by atoms with Crippen LogP contribution in [0.4, 0.5) is 13.2 Å². The van der Waals surface area contributed by atoms with E-state index in [1.54, 1.807) is 0 Å². The van der Waals surface area contributed by atoms with Gasteiger partial charge in [0.25, 0.3) is 0 Å².